The first-order valence-corrected chi connectivity index (χ1v) is 10.4. The van der Waals surface area contributed by atoms with Gasteiger partial charge in [-0.15, -0.1) is 0 Å². The van der Waals surface area contributed by atoms with E-state index in [9.17, 15) is 4.79 Å². The Kier molecular flexibility index (Phi) is 4.72. The monoisotopic (exact) mass is 386 g/mol. The summed E-state index contributed by atoms with van der Waals surface area (Å²) in [4.78, 5) is 15.2. The van der Waals surface area contributed by atoms with Gasteiger partial charge in [-0.3, -0.25) is 9.69 Å². The molecule has 0 N–H and O–H groups in total. The predicted octanol–water partition coefficient (Wildman–Crippen LogP) is 4.14. The Morgan fingerprint density at radius 1 is 0.931 bits per heavy atom. The molecule has 2 aromatic carbocycles. The van der Waals surface area contributed by atoms with Gasteiger partial charge in [0, 0.05) is 49.4 Å². The van der Waals surface area contributed by atoms with Crippen LogP contribution < -0.4 is 10.3 Å². The van der Waals surface area contributed by atoms with E-state index < -0.39 is 0 Å². The van der Waals surface area contributed by atoms with E-state index in [-0.39, 0.29) is 5.56 Å². The average Bonchev–Trinajstić information content (AvgIpc) is 2.75. The van der Waals surface area contributed by atoms with Crippen LogP contribution in [0.5, 0.6) is 5.75 Å². The molecule has 2 bridgehead atoms. The largest absolute Gasteiger partial charge is 0.497 e. The molecule has 1 aromatic heterocycles. The standard InChI is InChI=1S/C25H26N2O2/c1-29-22-9-7-20(8-10-22)23-11-12-24(28)27-16-19-13-21(25(23)27)17-26(15-19)14-18-5-3-2-4-6-18/h2-12,19,21H,13-17H2,1H3/t19-,21+/m0/s1. The van der Waals surface area contributed by atoms with Crippen LogP contribution in [0.25, 0.3) is 11.1 Å². The summed E-state index contributed by atoms with van der Waals surface area (Å²) >= 11 is 0. The van der Waals surface area contributed by atoms with Crippen molar-refractivity contribution in [1.82, 2.24) is 9.47 Å². The van der Waals surface area contributed by atoms with E-state index >= 15 is 0 Å². The van der Waals surface area contributed by atoms with Gasteiger partial charge >= 0.3 is 0 Å². The fourth-order valence-corrected chi connectivity index (χ4v) is 5.10. The quantitative estimate of drug-likeness (QED) is 0.676. The maximum atomic E-state index is 12.7. The van der Waals surface area contributed by atoms with E-state index in [0.717, 1.165) is 43.9 Å². The van der Waals surface area contributed by atoms with Crippen LogP contribution in [0.3, 0.4) is 0 Å². The van der Waals surface area contributed by atoms with Crippen molar-refractivity contribution in [2.45, 2.75) is 25.4 Å². The number of nitrogens with zero attached hydrogens (tertiary/aromatic N) is 2. The van der Waals surface area contributed by atoms with Gasteiger partial charge in [-0.1, -0.05) is 42.5 Å². The number of hydrogen-bond acceptors (Lipinski definition) is 3. The summed E-state index contributed by atoms with van der Waals surface area (Å²) in [7, 11) is 1.68. The third kappa shape index (κ3) is 3.49. The molecule has 0 spiro atoms. The second kappa shape index (κ2) is 7.53. The van der Waals surface area contributed by atoms with E-state index in [1.807, 2.05) is 22.8 Å². The van der Waals surface area contributed by atoms with Crippen molar-refractivity contribution in [3.05, 3.63) is 88.3 Å². The molecule has 3 heterocycles. The van der Waals surface area contributed by atoms with Crippen LogP contribution in [0.15, 0.2) is 71.5 Å². The van der Waals surface area contributed by atoms with E-state index in [2.05, 4.69) is 47.4 Å². The Hall–Kier alpha value is -2.85. The summed E-state index contributed by atoms with van der Waals surface area (Å²) in [5.41, 5.74) is 5.01. The zero-order valence-electron chi connectivity index (χ0n) is 16.8. The minimum Gasteiger partial charge on any atom is -0.497 e. The normalized spacial score (nSPS) is 20.9. The summed E-state index contributed by atoms with van der Waals surface area (Å²) in [6, 6.07) is 22.6. The number of ether oxygens (including phenoxy) is 1. The SMILES string of the molecule is COc1ccc(-c2ccc(=O)n3c2[C@@H]2C[C@@H](CN(Cc4ccccc4)C2)C3)cc1. The lowest BCUT2D eigenvalue weighted by molar-refractivity contribution is 0.115. The molecule has 29 heavy (non-hydrogen) atoms. The van der Waals surface area contributed by atoms with Gasteiger partial charge in [-0.05, 0) is 41.7 Å². The van der Waals surface area contributed by atoms with Gasteiger partial charge in [0.15, 0.2) is 0 Å². The van der Waals surface area contributed by atoms with Crippen LogP contribution in [0, 0.1) is 5.92 Å². The highest BCUT2D eigenvalue weighted by Crippen LogP contribution is 2.40. The highest BCUT2D eigenvalue weighted by atomic mass is 16.5. The van der Waals surface area contributed by atoms with E-state index in [4.69, 9.17) is 4.74 Å². The van der Waals surface area contributed by atoms with Crippen LogP contribution in [0.2, 0.25) is 0 Å². The van der Waals surface area contributed by atoms with Crippen LogP contribution in [-0.4, -0.2) is 29.7 Å². The molecule has 5 rings (SSSR count). The average molecular weight is 386 g/mol. The lowest BCUT2D eigenvalue weighted by Gasteiger charge is -2.43. The minimum absolute atomic E-state index is 0.128. The first-order valence-electron chi connectivity index (χ1n) is 10.4. The predicted molar refractivity (Wildman–Crippen MR) is 115 cm³/mol. The van der Waals surface area contributed by atoms with Gasteiger partial charge in [0.25, 0.3) is 5.56 Å². The Morgan fingerprint density at radius 2 is 1.72 bits per heavy atom. The van der Waals surface area contributed by atoms with Crippen LogP contribution in [0.4, 0.5) is 0 Å². The van der Waals surface area contributed by atoms with Crippen LogP contribution in [0.1, 0.15) is 23.6 Å². The number of methoxy groups -OCH3 is 1. The number of piperidine rings is 1. The van der Waals surface area contributed by atoms with Crippen molar-refractivity contribution < 1.29 is 4.74 Å². The molecule has 148 valence electrons. The molecule has 1 saturated heterocycles. The first-order chi connectivity index (χ1) is 14.2. The molecule has 2 aliphatic heterocycles. The number of hydrogen-bond donors (Lipinski definition) is 0. The number of benzene rings is 2. The molecule has 3 aromatic rings. The van der Waals surface area contributed by atoms with Crippen molar-refractivity contribution >= 4 is 0 Å². The van der Waals surface area contributed by atoms with Gasteiger partial charge in [0.05, 0.1) is 7.11 Å². The maximum absolute atomic E-state index is 12.7. The maximum Gasteiger partial charge on any atom is 0.250 e. The van der Waals surface area contributed by atoms with Gasteiger partial charge < -0.3 is 9.30 Å². The Bertz CT molecular complexity index is 1060. The molecule has 2 aliphatic rings. The number of aromatic nitrogens is 1. The smallest absolute Gasteiger partial charge is 0.250 e. The minimum atomic E-state index is 0.128. The zero-order chi connectivity index (χ0) is 19.8. The highest BCUT2D eigenvalue weighted by molar-refractivity contribution is 5.67. The second-order valence-corrected chi connectivity index (χ2v) is 8.29. The lowest BCUT2D eigenvalue weighted by atomic mass is 9.80. The van der Waals surface area contributed by atoms with Crippen LogP contribution >= 0.6 is 0 Å². The fourth-order valence-electron chi connectivity index (χ4n) is 5.10. The number of rotatable bonds is 4. The third-order valence-electron chi connectivity index (χ3n) is 6.32. The van der Waals surface area contributed by atoms with Crippen molar-refractivity contribution in [3.63, 3.8) is 0 Å². The molecule has 0 unspecified atom stereocenters. The van der Waals surface area contributed by atoms with Crippen molar-refractivity contribution in [2.24, 2.45) is 5.92 Å². The third-order valence-corrected chi connectivity index (χ3v) is 6.32. The fraction of sp³-hybridized carbons (Fsp3) is 0.320. The Balaban J connectivity index is 1.50. The van der Waals surface area contributed by atoms with Gasteiger partial charge in [-0.25, -0.2) is 0 Å². The summed E-state index contributed by atoms with van der Waals surface area (Å²) in [5.74, 6) is 1.77. The topological polar surface area (TPSA) is 34.5 Å². The van der Waals surface area contributed by atoms with Gasteiger partial charge in [-0.2, -0.15) is 0 Å². The molecular formula is C25H26N2O2. The Labute approximate surface area is 171 Å². The highest BCUT2D eigenvalue weighted by Gasteiger charge is 2.36. The first kappa shape index (κ1) is 18.2. The molecule has 0 radical (unpaired) electrons. The zero-order valence-corrected chi connectivity index (χ0v) is 16.8. The molecular weight excluding hydrogens is 360 g/mol. The van der Waals surface area contributed by atoms with E-state index in [0.29, 0.717) is 11.8 Å². The van der Waals surface area contributed by atoms with E-state index in [1.165, 1.54) is 16.8 Å². The van der Waals surface area contributed by atoms with Gasteiger partial charge in [0.2, 0.25) is 0 Å². The van der Waals surface area contributed by atoms with Gasteiger partial charge in [0.1, 0.15) is 5.75 Å². The summed E-state index contributed by atoms with van der Waals surface area (Å²) in [5, 5.41) is 0. The van der Waals surface area contributed by atoms with E-state index in [1.54, 1.807) is 13.2 Å². The van der Waals surface area contributed by atoms with Crippen molar-refractivity contribution in [2.75, 3.05) is 20.2 Å². The molecule has 1 fully saturated rings. The molecule has 2 atom stereocenters. The number of fused-ring (bicyclic) bond motifs is 4. The molecule has 0 aliphatic carbocycles. The molecule has 0 saturated carbocycles. The molecule has 4 nitrogen and oxygen atoms in total. The molecule has 0 amide bonds. The van der Waals surface area contributed by atoms with Crippen molar-refractivity contribution in [1.29, 1.82) is 0 Å². The van der Waals surface area contributed by atoms with Crippen molar-refractivity contribution in [3.8, 4) is 16.9 Å². The number of likely N-dealkylation sites (tertiary alicyclic amines) is 1. The van der Waals surface area contributed by atoms with Crippen LogP contribution in [-0.2, 0) is 13.1 Å². The lowest BCUT2D eigenvalue weighted by Crippen LogP contribution is -2.47. The summed E-state index contributed by atoms with van der Waals surface area (Å²) < 4.78 is 7.35. The summed E-state index contributed by atoms with van der Waals surface area (Å²) in [6.45, 7) is 3.85. The summed E-state index contributed by atoms with van der Waals surface area (Å²) in [6.07, 6.45) is 1.16. The number of pyridine rings is 1. The molecule has 4 heteroatoms. The second-order valence-electron chi connectivity index (χ2n) is 8.29. The Morgan fingerprint density at radius 3 is 2.48 bits per heavy atom.